The molecule has 1 aromatic heterocycles. The van der Waals surface area contributed by atoms with Gasteiger partial charge in [-0.15, -0.1) is 0 Å². The van der Waals surface area contributed by atoms with Crippen molar-refractivity contribution in [3.05, 3.63) is 87.8 Å². The van der Waals surface area contributed by atoms with Gasteiger partial charge >= 0.3 is 5.97 Å². The lowest BCUT2D eigenvalue weighted by molar-refractivity contribution is 0.0697. The van der Waals surface area contributed by atoms with Crippen LogP contribution in [0.5, 0.6) is 0 Å². The lowest BCUT2D eigenvalue weighted by atomic mass is 10.1. The smallest absolute Gasteiger partial charge is 0.335 e. The van der Waals surface area contributed by atoms with Crippen molar-refractivity contribution < 1.29 is 9.90 Å². The van der Waals surface area contributed by atoms with E-state index in [4.69, 9.17) is 0 Å². The summed E-state index contributed by atoms with van der Waals surface area (Å²) < 4.78 is 1.61. The summed E-state index contributed by atoms with van der Waals surface area (Å²) >= 11 is 0. The molecule has 0 saturated heterocycles. The standard InChI is InChI=1S/C23H18N2O3/c1-2-25-21-12-10-18(23(27)28)14-20(21)24-19(22(25)26)11-8-15-7-9-16-5-3-4-6-17(16)13-15/h3-14H,2H2,1H3,(H,27,28). The second-order valence-corrected chi connectivity index (χ2v) is 6.50. The van der Waals surface area contributed by atoms with E-state index < -0.39 is 5.97 Å². The highest BCUT2D eigenvalue weighted by atomic mass is 16.4. The largest absolute Gasteiger partial charge is 0.478 e. The van der Waals surface area contributed by atoms with Crippen LogP contribution in [0.15, 0.2) is 65.5 Å². The summed E-state index contributed by atoms with van der Waals surface area (Å²) in [5, 5.41) is 11.5. The van der Waals surface area contributed by atoms with Crippen molar-refractivity contribution in [2.24, 2.45) is 0 Å². The van der Waals surface area contributed by atoms with E-state index in [1.807, 2.05) is 55.5 Å². The molecule has 0 saturated carbocycles. The Morgan fingerprint density at radius 1 is 1.04 bits per heavy atom. The van der Waals surface area contributed by atoms with E-state index in [2.05, 4.69) is 4.98 Å². The predicted octanol–water partition coefficient (Wildman–Crippen LogP) is 4.44. The molecule has 0 aliphatic rings. The van der Waals surface area contributed by atoms with Crippen LogP contribution in [0, 0.1) is 0 Å². The average molecular weight is 370 g/mol. The highest BCUT2D eigenvalue weighted by molar-refractivity contribution is 5.92. The first-order valence-corrected chi connectivity index (χ1v) is 9.01. The third kappa shape index (κ3) is 3.18. The number of carbonyl (C=O) groups is 1. The van der Waals surface area contributed by atoms with Crippen LogP contribution in [-0.2, 0) is 6.54 Å². The molecule has 5 heteroatoms. The molecule has 0 bridgehead atoms. The van der Waals surface area contributed by atoms with Gasteiger partial charge in [-0.2, -0.15) is 0 Å². The van der Waals surface area contributed by atoms with Crippen LogP contribution >= 0.6 is 0 Å². The van der Waals surface area contributed by atoms with Gasteiger partial charge in [0, 0.05) is 6.54 Å². The first kappa shape index (κ1) is 17.7. The van der Waals surface area contributed by atoms with Gasteiger partial charge in [0.2, 0.25) is 0 Å². The van der Waals surface area contributed by atoms with E-state index in [0.29, 0.717) is 17.6 Å². The van der Waals surface area contributed by atoms with Crippen LogP contribution in [0.1, 0.15) is 28.5 Å². The molecule has 0 radical (unpaired) electrons. The molecule has 138 valence electrons. The first-order valence-electron chi connectivity index (χ1n) is 9.01. The van der Waals surface area contributed by atoms with Gasteiger partial charge in [-0.25, -0.2) is 9.78 Å². The quantitative estimate of drug-likeness (QED) is 0.576. The van der Waals surface area contributed by atoms with E-state index in [1.54, 1.807) is 16.7 Å². The molecule has 0 aliphatic carbocycles. The number of nitrogens with zero attached hydrogens (tertiary/aromatic N) is 2. The summed E-state index contributed by atoms with van der Waals surface area (Å²) in [7, 11) is 0. The summed E-state index contributed by atoms with van der Waals surface area (Å²) in [6.07, 6.45) is 3.54. The lowest BCUT2D eigenvalue weighted by Gasteiger charge is -2.09. The fourth-order valence-corrected chi connectivity index (χ4v) is 3.31. The number of fused-ring (bicyclic) bond motifs is 2. The van der Waals surface area contributed by atoms with Crippen LogP contribution in [-0.4, -0.2) is 20.6 Å². The maximum atomic E-state index is 12.8. The molecule has 4 rings (SSSR count). The Morgan fingerprint density at radius 2 is 1.82 bits per heavy atom. The van der Waals surface area contributed by atoms with Gasteiger partial charge in [0.1, 0.15) is 5.69 Å². The minimum absolute atomic E-state index is 0.144. The fraction of sp³-hybridized carbons (Fsp3) is 0.0870. The zero-order valence-electron chi connectivity index (χ0n) is 15.3. The van der Waals surface area contributed by atoms with Crippen LogP contribution in [0.2, 0.25) is 0 Å². The van der Waals surface area contributed by atoms with E-state index >= 15 is 0 Å². The molecule has 0 fully saturated rings. The average Bonchev–Trinajstić information content (AvgIpc) is 2.71. The van der Waals surface area contributed by atoms with E-state index in [-0.39, 0.29) is 16.8 Å². The predicted molar refractivity (Wildman–Crippen MR) is 112 cm³/mol. The van der Waals surface area contributed by atoms with Gasteiger partial charge in [-0.05, 0) is 53.6 Å². The highest BCUT2D eigenvalue weighted by Crippen LogP contribution is 2.18. The van der Waals surface area contributed by atoms with Crippen molar-refractivity contribution >= 4 is 39.9 Å². The number of aromatic carboxylic acids is 1. The van der Waals surface area contributed by atoms with Crippen molar-refractivity contribution in [2.45, 2.75) is 13.5 Å². The summed E-state index contributed by atoms with van der Waals surface area (Å²) in [6, 6.07) is 18.8. The van der Waals surface area contributed by atoms with Crippen molar-refractivity contribution in [3.63, 3.8) is 0 Å². The normalized spacial score (nSPS) is 11.5. The summed E-state index contributed by atoms with van der Waals surface area (Å²) in [5.74, 6) is -1.02. The van der Waals surface area contributed by atoms with Crippen molar-refractivity contribution in [2.75, 3.05) is 0 Å². The zero-order valence-corrected chi connectivity index (χ0v) is 15.3. The van der Waals surface area contributed by atoms with Crippen LogP contribution in [0.25, 0.3) is 34.0 Å². The van der Waals surface area contributed by atoms with Crippen molar-refractivity contribution in [3.8, 4) is 0 Å². The zero-order chi connectivity index (χ0) is 19.7. The Morgan fingerprint density at radius 3 is 2.57 bits per heavy atom. The van der Waals surface area contributed by atoms with Crippen LogP contribution in [0.4, 0.5) is 0 Å². The van der Waals surface area contributed by atoms with Crippen molar-refractivity contribution in [1.29, 1.82) is 0 Å². The Balaban J connectivity index is 1.82. The Bertz CT molecular complexity index is 1300. The summed E-state index contributed by atoms with van der Waals surface area (Å²) in [5.41, 5.74) is 2.30. The van der Waals surface area contributed by atoms with Crippen molar-refractivity contribution in [1.82, 2.24) is 9.55 Å². The summed E-state index contributed by atoms with van der Waals surface area (Å²) in [4.78, 5) is 28.5. The number of aromatic nitrogens is 2. The lowest BCUT2D eigenvalue weighted by Crippen LogP contribution is -2.23. The maximum absolute atomic E-state index is 12.8. The van der Waals surface area contributed by atoms with E-state index in [0.717, 1.165) is 16.3 Å². The monoisotopic (exact) mass is 370 g/mol. The van der Waals surface area contributed by atoms with Gasteiger partial charge < -0.3 is 9.67 Å². The molecule has 1 N–H and O–H groups in total. The molecule has 0 atom stereocenters. The molecule has 0 spiro atoms. The Kier molecular flexibility index (Phi) is 4.49. The number of rotatable bonds is 4. The second-order valence-electron chi connectivity index (χ2n) is 6.50. The minimum Gasteiger partial charge on any atom is -0.478 e. The number of hydrogen-bond donors (Lipinski definition) is 1. The molecule has 0 unspecified atom stereocenters. The number of aryl methyl sites for hydroxylation is 1. The number of carboxylic acid groups (broad SMARTS) is 1. The fourth-order valence-electron chi connectivity index (χ4n) is 3.31. The molecule has 0 amide bonds. The molecule has 28 heavy (non-hydrogen) atoms. The van der Waals surface area contributed by atoms with E-state index in [9.17, 15) is 14.7 Å². The minimum atomic E-state index is -1.02. The van der Waals surface area contributed by atoms with Gasteiger partial charge in [0.05, 0.1) is 16.6 Å². The van der Waals surface area contributed by atoms with Gasteiger partial charge in [0.15, 0.2) is 0 Å². The summed E-state index contributed by atoms with van der Waals surface area (Å²) in [6.45, 7) is 2.35. The highest BCUT2D eigenvalue weighted by Gasteiger charge is 2.11. The first-order chi connectivity index (χ1) is 13.6. The van der Waals surface area contributed by atoms with Crippen LogP contribution in [0.3, 0.4) is 0 Å². The Hall–Kier alpha value is -3.73. The molecule has 0 aliphatic heterocycles. The van der Waals surface area contributed by atoms with Gasteiger partial charge in [0.25, 0.3) is 5.56 Å². The van der Waals surface area contributed by atoms with Gasteiger partial charge in [-0.1, -0.05) is 42.5 Å². The maximum Gasteiger partial charge on any atom is 0.335 e. The number of carboxylic acids is 1. The molecule has 5 nitrogen and oxygen atoms in total. The molecule has 4 aromatic rings. The third-order valence-corrected chi connectivity index (χ3v) is 4.74. The molecular weight excluding hydrogens is 352 g/mol. The van der Waals surface area contributed by atoms with Gasteiger partial charge in [-0.3, -0.25) is 4.79 Å². The SMILES string of the molecule is CCn1c(=O)c(C=Cc2ccc3ccccc3c2)nc2cc(C(=O)O)ccc21. The van der Waals surface area contributed by atoms with Crippen LogP contribution < -0.4 is 5.56 Å². The third-order valence-electron chi connectivity index (χ3n) is 4.74. The topological polar surface area (TPSA) is 72.2 Å². The number of hydrogen-bond acceptors (Lipinski definition) is 3. The Labute approximate surface area is 161 Å². The molecule has 1 heterocycles. The van der Waals surface area contributed by atoms with E-state index in [1.165, 1.54) is 12.1 Å². The number of benzene rings is 3. The molecule has 3 aromatic carbocycles. The molecular formula is C23H18N2O3. The second kappa shape index (κ2) is 7.12.